The minimum Gasteiger partial charge on any atom is -0.497 e. The molecule has 0 amide bonds. The lowest BCUT2D eigenvalue weighted by atomic mass is 10.1. The predicted molar refractivity (Wildman–Crippen MR) is 113 cm³/mol. The number of benzene rings is 3. The van der Waals surface area contributed by atoms with Crippen LogP contribution in [0.3, 0.4) is 0 Å². The van der Waals surface area contributed by atoms with Crippen molar-refractivity contribution in [3.8, 4) is 17.2 Å². The van der Waals surface area contributed by atoms with Crippen LogP contribution in [0.4, 0.5) is 0 Å². The van der Waals surface area contributed by atoms with Gasteiger partial charge in [-0.3, -0.25) is 4.79 Å². The first-order valence-corrected chi connectivity index (χ1v) is 9.30. The van der Waals surface area contributed by atoms with E-state index in [9.17, 15) is 9.59 Å². The fraction of sp³-hybridized carbons (Fsp3) is 0.0400. The van der Waals surface area contributed by atoms with Crippen LogP contribution >= 0.6 is 0 Å². The van der Waals surface area contributed by atoms with E-state index in [1.807, 2.05) is 48.5 Å². The Morgan fingerprint density at radius 2 is 1.70 bits per heavy atom. The summed E-state index contributed by atoms with van der Waals surface area (Å²) in [5.74, 6) is 0.791. The van der Waals surface area contributed by atoms with Crippen LogP contribution in [0.2, 0.25) is 0 Å². The number of methoxy groups -OCH3 is 1. The maximum atomic E-state index is 12.6. The fourth-order valence-electron chi connectivity index (χ4n) is 2.99. The van der Waals surface area contributed by atoms with Gasteiger partial charge in [0.1, 0.15) is 17.2 Å². The largest absolute Gasteiger partial charge is 0.497 e. The molecule has 0 saturated heterocycles. The van der Waals surface area contributed by atoms with Crippen molar-refractivity contribution in [1.29, 1.82) is 0 Å². The van der Waals surface area contributed by atoms with Gasteiger partial charge in [-0.25, -0.2) is 4.79 Å². The van der Waals surface area contributed by atoms with Crippen molar-refractivity contribution in [2.24, 2.45) is 0 Å². The predicted octanol–water partition coefficient (Wildman–Crippen LogP) is 4.93. The third kappa shape index (κ3) is 4.31. The Morgan fingerprint density at radius 3 is 2.50 bits per heavy atom. The number of allylic oxidation sites excluding steroid dienone is 1. The molecule has 0 bridgehead atoms. The summed E-state index contributed by atoms with van der Waals surface area (Å²) in [6.45, 7) is 0. The minimum atomic E-state index is -0.518. The smallest absolute Gasteiger partial charge is 0.336 e. The minimum absolute atomic E-state index is 0.200. The first-order valence-electron chi connectivity index (χ1n) is 9.30. The average Bonchev–Trinajstić information content (AvgIpc) is 3.07. The van der Waals surface area contributed by atoms with E-state index in [0.717, 1.165) is 11.1 Å². The Morgan fingerprint density at radius 1 is 0.900 bits per heavy atom. The highest BCUT2D eigenvalue weighted by Gasteiger charge is 2.28. The van der Waals surface area contributed by atoms with Crippen LogP contribution in [0, 0.1) is 0 Å². The van der Waals surface area contributed by atoms with Gasteiger partial charge in [-0.05, 0) is 47.5 Å². The van der Waals surface area contributed by atoms with Crippen LogP contribution in [0.1, 0.15) is 21.5 Å². The van der Waals surface area contributed by atoms with Gasteiger partial charge in [0.15, 0.2) is 5.76 Å². The molecule has 0 unspecified atom stereocenters. The first kappa shape index (κ1) is 19.2. The summed E-state index contributed by atoms with van der Waals surface area (Å²) in [6.07, 6.45) is 4.67. The van der Waals surface area contributed by atoms with Gasteiger partial charge in [0, 0.05) is 12.1 Å². The summed E-state index contributed by atoms with van der Waals surface area (Å²) in [6, 6.07) is 21.4. The van der Waals surface area contributed by atoms with E-state index in [2.05, 4.69) is 0 Å². The molecule has 3 aromatic carbocycles. The van der Waals surface area contributed by atoms with Crippen LogP contribution in [0.15, 0.2) is 84.6 Å². The molecule has 1 aliphatic rings. The normalized spacial score (nSPS) is 13.9. The number of carbonyl (C=O) groups excluding carboxylic acids is 2. The van der Waals surface area contributed by atoms with Gasteiger partial charge in [-0.1, -0.05) is 42.5 Å². The maximum Gasteiger partial charge on any atom is 0.336 e. The van der Waals surface area contributed by atoms with Gasteiger partial charge in [0.2, 0.25) is 5.78 Å². The molecule has 0 radical (unpaired) electrons. The molecule has 5 heteroatoms. The molecule has 0 atom stereocenters. The maximum absolute atomic E-state index is 12.6. The number of Topliss-reactive ketones (excluding diaryl/α,β-unsaturated/α-hetero) is 1. The van der Waals surface area contributed by atoms with Gasteiger partial charge in [0.25, 0.3) is 0 Å². The summed E-state index contributed by atoms with van der Waals surface area (Å²) in [5, 5.41) is 0. The number of esters is 1. The molecule has 0 aliphatic carbocycles. The summed E-state index contributed by atoms with van der Waals surface area (Å²) >= 11 is 0. The zero-order valence-corrected chi connectivity index (χ0v) is 16.2. The fourth-order valence-corrected chi connectivity index (χ4v) is 2.99. The molecule has 0 aromatic heterocycles. The molecule has 3 aromatic rings. The summed E-state index contributed by atoms with van der Waals surface area (Å²) in [5.41, 5.74) is 2.09. The van der Waals surface area contributed by atoms with E-state index >= 15 is 0 Å². The highest BCUT2D eigenvalue weighted by Crippen LogP contribution is 2.35. The Hall–Kier alpha value is -4.12. The second-order valence-corrected chi connectivity index (χ2v) is 6.54. The van der Waals surface area contributed by atoms with E-state index in [-0.39, 0.29) is 11.5 Å². The number of hydrogen-bond donors (Lipinski definition) is 0. The quantitative estimate of drug-likeness (QED) is 0.346. The first-order chi connectivity index (χ1) is 14.6. The van der Waals surface area contributed by atoms with Crippen LogP contribution < -0.4 is 14.2 Å². The molecule has 0 spiro atoms. The second kappa shape index (κ2) is 8.49. The van der Waals surface area contributed by atoms with Crippen molar-refractivity contribution in [2.75, 3.05) is 7.11 Å². The van der Waals surface area contributed by atoms with E-state index in [1.54, 1.807) is 37.5 Å². The van der Waals surface area contributed by atoms with E-state index in [1.165, 1.54) is 12.1 Å². The van der Waals surface area contributed by atoms with Crippen LogP contribution in [-0.2, 0) is 4.79 Å². The number of rotatable bonds is 5. The molecule has 148 valence electrons. The topological polar surface area (TPSA) is 61.8 Å². The second-order valence-electron chi connectivity index (χ2n) is 6.54. The Balaban J connectivity index is 1.48. The Kier molecular flexibility index (Phi) is 5.44. The molecule has 0 saturated carbocycles. The lowest BCUT2D eigenvalue weighted by molar-refractivity contribution is -0.128. The van der Waals surface area contributed by atoms with Crippen molar-refractivity contribution < 1.29 is 23.8 Å². The van der Waals surface area contributed by atoms with Gasteiger partial charge < -0.3 is 14.2 Å². The van der Waals surface area contributed by atoms with Crippen molar-refractivity contribution in [3.63, 3.8) is 0 Å². The zero-order valence-electron chi connectivity index (χ0n) is 16.2. The molecule has 5 nitrogen and oxygen atoms in total. The number of ketones is 1. The lowest BCUT2D eigenvalue weighted by Crippen LogP contribution is -2.03. The van der Waals surface area contributed by atoms with Crippen molar-refractivity contribution in [1.82, 2.24) is 0 Å². The molecule has 0 N–H and O–H groups in total. The summed E-state index contributed by atoms with van der Waals surface area (Å²) in [7, 11) is 1.58. The van der Waals surface area contributed by atoms with Crippen molar-refractivity contribution >= 4 is 23.9 Å². The average molecular weight is 398 g/mol. The lowest BCUT2D eigenvalue weighted by Gasteiger charge is -2.03. The molecule has 1 aliphatic heterocycles. The van der Waals surface area contributed by atoms with Gasteiger partial charge in [-0.15, -0.1) is 0 Å². The summed E-state index contributed by atoms with van der Waals surface area (Å²) < 4.78 is 16.2. The van der Waals surface area contributed by atoms with E-state index in [4.69, 9.17) is 14.2 Å². The summed E-state index contributed by atoms with van der Waals surface area (Å²) in [4.78, 5) is 24.7. The standard InChI is InChI=1S/C25H18O5/c1-28-19-9-5-8-18(14-19)15-23-25(27)21-12-11-20(16-22(21)30-23)29-24(26)13-10-17-6-3-2-4-7-17/h2-16H,1H3/b13-10+,23-15+. The van der Waals surface area contributed by atoms with Crippen LogP contribution in [0.25, 0.3) is 12.2 Å². The molecular formula is C25H18O5. The molecule has 30 heavy (non-hydrogen) atoms. The molecule has 1 heterocycles. The Labute approximate surface area is 173 Å². The van der Waals surface area contributed by atoms with Gasteiger partial charge in [-0.2, -0.15) is 0 Å². The van der Waals surface area contributed by atoms with Crippen LogP contribution in [-0.4, -0.2) is 18.9 Å². The highest BCUT2D eigenvalue weighted by molar-refractivity contribution is 6.14. The van der Waals surface area contributed by atoms with Gasteiger partial charge >= 0.3 is 5.97 Å². The van der Waals surface area contributed by atoms with Crippen LogP contribution in [0.5, 0.6) is 17.2 Å². The number of fused-ring (bicyclic) bond motifs is 1. The highest BCUT2D eigenvalue weighted by atomic mass is 16.5. The third-order valence-electron chi connectivity index (χ3n) is 4.46. The molecule has 0 fully saturated rings. The van der Waals surface area contributed by atoms with Crippen molar-refractivity contribution in [2.45, 2.75) is 0 Å². The van der Waals surface area contributed by atoms with E-state index in [0.29, 0.717) is 22.8 Å². The third-order valence-corrected chi connectivity index (χ3v) is 4.46. The Bertz CT molecular complexity index is 1160. The number of carbonyl (C=O) groups is 2. The zero-order chi connectivity index (χ0) is 20.9. The SMILES string of the molecule is COc1cccc(/C=C2/Oc3cc(OC(=O)/C=C/c4ccccc4)ccc3C2=O)c1. The molecule has 4 rings (SSSR count). The monoisotopic (exact) mass is 398 g/mol. The van der Waals surface area contributed by atoms with Gasteiger partial charge in [0.05, 0.1) is 12.7 Å². The number of hydrogen-bond acceptors (Lipinski definition) is 5. The number of ether oxygens (including phenoxy) is 3. The molecular weight excluding hydrogens is 380 g/mol. The van der Waals surface area contributed by atoms with Crippen molar-refractivity contribution in [3.05, 3.63) is 101 Å². The van der Waals surface area contributed by atoms with E-state index < -0.39 is 5.97 Å².